The van der Waals surface area contributed by atoms with Crippen LogP contribution < -0.4 is 10.5 Å². The molecule has 0 aromatic carbocycles. The first-order chi connectivity index (χ1) is 5.72. The van der Waals surface area contributed by atoms with Gasteiger partial charge in [-0.1, -0.05) is 0 Å². The molecule has 12 heavy (non-hydrogen) atoms. The van der Waals surface area contributed by atoms with Gasteiger partial charge in [-0.3, -0.25) is 4.68 Å². The number of rotatable bonds is 4. The van der Waals surface area contributed by atoms with Gasteiger partial charge in [-0.25, -0.2) is 0 Å². The van der Waals surface area contributed by atoms with E-state index in [0.717, 1.165) is 12.3 Å². The molecule has 0 aliphatic rings. The smallest absolute Gasteiger partial charge is 0.157 e. The van der Waals surface area contributed by atoms with Crippen molar-refractivity contribution in [2.24, 2.45) is 5.73 Å². The molecule has 0 aliphatic heterocycles. The zero-order valence-electron chi connectivity index (χ0n) is 7.53. The first-order valence-corrected chi connectivity index (χ1v) is 4.11. The highest BCUT2D eigenvalue weighted by atomic mass is 16.5. The summed E-state index contributed by atoms with van der Waals surface area (Å²) in [5.41, 5.74) is 5.37. The average Bonchev–Trinajstić information content (AvgIpc) is 2.36. The Bertz CT molecular complexity index is 232. The summed E-state index contributed by atoms with van der Waals surface area (Å²) in [5, 5.41) is 4.07. The molecule has 0 amide bonds. The Labute approximate surface area is 72.3 Å². The molecule has 4 nitrogen and oxygen atoms in total. The monoisotopic (exact) mass is 169 g/mol. The van der Waals surface area contributed by atoms with Crippen LogP contribution in [0.3, 0.4) is 0 Å². The molecule has 0 spiro atoms. The van der Waals surface area contributed by atoms with E-state index in [1.54, 1.807) is 10.9 Å². The fraction of sp³-hybridized carbons (Fsp3) is 0.625. The van der Waals surface area contributed by atoms with Crippen molar-refractivity contribution in [1.82, 2.24) is 9.78 Å². The SMILES string of the molecule is CC(C)Oc1cnn(CCN)c1. The molecule has 68 valence electrons. The number of nitrogens with two attached hydrogens (primary N) is 1. The van der Waals surface area contributed by atoms with E-state index >= 15 is 0 Å². The van der Waals surface area contributed by atoms with Crippen LogP contribution in [0.15, 0.2) is 12.4 Å². The second-order valence-corrected chi connectivity index (χ2v) is 2.89. The van der Waals surface area contributed by atoms with Crippen molar-refractivity contribution in [3.8, 4) is 5.75 Å². The minimum absolute atomic E-state index is 0.195. The van der Waals surface area contributed by atoms with Crippen LogP contribution in [0.4, 0.5) is 0 Å². The van der Waals surface area contributed by atoms with Crippen molar-refractivity contribution in [1.29, 1.82) is 0 Å². The van der Waals surface area contributed by atoms with Gasteiger partial charge >= 0.3 is 0 Å². The van der Waals surface area contributed by atoms with Crippen LogP contribution in [0.5, 0.6) is 5.75 Å². The number of nitrogens with zero attached hydrogens (tertiary/aromatic N) is 2. The van der Waals surface area contributed by atoms with E-state index in [4.69, 9.17) is 10.5 Å². The second-order valence-electron chi connectivity index (χ2n) is 2.89. The van der Waals surface area contributed by atoms with Crippen LogP contribution in [-0.4, -0.2) is 22.4 Å². The molecule has 0 atom stereocenters. The van der Waals surface area contributed by atoms with Crippen LogP contribution in [-0.2, 0) is 6.54 Å². The lowest BCUT2D eigenvalue weighted by atomic mass is 10.5. The molecule has 0 aliphatic carbocycles. The molecule has 0 fully saturated rings. The predicted octanol–water partition coefficient (Wildman–Crippen LogP) is 0.629. The lowest BCUT2D eigenvalue weighted by Gasteiger charge is -2.05. The zero-order valence-corrected chi connectivity index (χ0v) is 7.53. The standard InChI is InChI=1S/C8H15N3O/c1-7(2)12-8-5-10-11(6-8)4-3-9/h5-7H,3-4,9H2,1-2H3. The van der Waals surface area contributed by atoms with Gasteiger partial charge in [0.1, 0.15) is 0 Å². The van der Waals surface area contributed by atoms with E-state index in [1.807, 2.05) is 20.0 Å². The Balaban J connectivity index is 2.52. The van der Waals surface area contributed by atoms with Crippen molar-refractivity contribution >= 4 is 0 Å². The Kier molecular flexibility index (Phi) is 3.10. The first-order valence-electron chi connectivity index (χ1n) is 4.11. The molecular formula is C8H15N3O. The van der Waals surface area contributed by atoms with E-state index in [9.17, 15) is 0 Å². The van der Waals surface area contributed by atoms with Crippen molar-refractivity contribution in [3.05, 3.63) is 12.4 Å². The molecule has 1 aromatic heterocycles. The number of hydrogen-bond donors (Lipinski definition) is 1. The van der Waals surface area contributed by atoms with E-state index in [1.165, 1.54) is 0 Å². The molecule has 1 rings (SSSR count). The van der Waals surface area contributed by atoms with Crippen molar-refractivity contribution in [2.75, 3.05) is 6.54 Å². The third-order valence-electron chi connectivity index (χ3n) is 1.34. The summed E-state index contributed by atoms with van der Waals surface area (Å²) in [5.74, 6) is 0.804. The maximum absolute atomic E-state index is 5.42. The van der Waals surface area contributed by atoms with Crippen molar-refractivity contribution < 1.29 is 4.74 Å². The highest BCUT2D eigenvalue weighted by Gasteiger charge is 2.00. The predicted molar refractivity (Wildman–Crippen MR) is 47.0 cm³/mol. The summed E-state index contributed by atoms with van der Waals surface area (Å²) in [6.45, 7) is 5.31. The van der Waals surface area contributed by atoms with Crippen LogP contribution in [0.25, 0.3) is 0 Å². The van der Waals surface area contributed by atoms with Gasteiger partial charge in [0.15, 0.2) is 5.75 Å². The molecule has 0 saturated heterocycles. The topological polar surface area (TPSA) is 53.1 Å². The lowest BCUT2D eigenvalue weighted by Crippen LogP contribution is -2.10. The van der Waals surface area contributed by atoms with Crippen molar-refractivity contribution in [2.45, 2.75) is 26.5 Å². The van der Waals surface area contributed by atoms with E-state index in [2.05, 4.69) is 5.10 Å². The fourth-order valence-corrected chi connectivity index (χ4v) is 0.932. The summed E-state index contributed by atoms with van der Waals surface area (Å²) < 4.78 is 7.19. The number of aromatic nitrogens is 2. The van der Waals surface area contributed by atoms with E-state index < -0.39 is 0 Å². The van der Waals surface area contributed by atoms with Gasteiger partial charge in [-0.15, -0.1) is 0 Å². The van der Waals surface area contributed by atoms with Gasteiger partial charge in [0, 0.05) is 6.54 Å². The lowest BCUT2D eigenvalue weighted by molar-refractivity contribution is 0.242. The normalized spacial score (nSPS) is 10.7. The zero-order chi connectivity index (χ0) is 8.97. The Hall–Kier alpha value is -1.03. The Morgan fingerprint density at radius 3 is 3.00 bits per heavy atom. The van der Waals surface area contributed by atoms with Gasteiger partial charge < -0.3 is 10.5 Å². The van der Waals surface area contributed by atoms with Crippen LogP contribution in [0.1, 0.15) is 13.8 Å². The van der Waals surface area contributed by atoms with E-state index in [0.29, 0.717) is 6.54 Å². The van der Waals surface area contributed by atoms with Gasteiger partial charge in [0.25, 0.3) is 0 Å². The Morgan fingerprint density at radius 1 is 1.67 bits per heavy atom. The van der Waals surface area contributed by atoms with Gasteiger partial charge in [0.2, 0.25) is 0 Å². The quantitative estimate of drug-likeness (QED) is 0.719. The molecule has 2 N–H and O–H groups in total. The Morgan fingerprint density at radius 2 is 2.42 bits per heavy atom. The van der Waals surface area contributed by atoms with Gasteiger partial charge in [-0.2, -0.15) is 5.10 Å². The molecule has 1 aromatic rings. The summed E-state index contributed by atoms with van der Waals surface area (Å²) in [6, 6.07) is 0. The molecule has 0 radical (unpaired) electrons. The van der Waals surface area contributed by atoms with Crippen molar-refractivity contribution in [3.63, 3.8) is 0 Å². The van der Waals surface area contributed by atoms with Gasteiger partial charge in [0.05, 0.1) is 25.0 Å². The van der Waals surface area contributed by atoms with Crippen LogP contribution >= 0.6 is 0 Å². The fourth-order valence-electron chi connectivity index (χ4n) is 0.932. The van der Waals surface area contributed by atoms with Gasteiger partial charge in [-0.05, 0) is 13.8 Å². The van der Waals surface area contributed by atoms with E-state index in [-0.39, 0.29) is 6.10 Å². The highest BCUT2D eigenvalue weighted by Crippen LogP contribution is 2.09. The molecule has 1 heterocycles. The number of hydrogen-bond acceptors (Lipinski definition) is 3. The maximum atomic E-state index is 5.42. The third kappa shape index (κ3) is 2.54. The minimum Gasteiger partial charge on any atom is -0.488 e. The number of ether oxygens (including phenoxy) is 1. The van der Waals surface area contributed by atoms with Crippen LogP contribution in [0.2, 0.25) is 0 Å². The molecule has 0 saturated carbocycles. The molecular weight excluding hydrogens is 154 g/mol. The van der Waals surface area contributed by atoms with Crippen LogP contribution in [0, 0.1) is 0 Å². The largest absolute Gasteiger partial charge is 0.488 e. The highest BCUT2D eigenvalue weighted by molar-refractivity contribution is 5.11. The average molecular weight is 169 g/mol. The maximum Gasteiger partial charge on any atom is 0.157 e. The minimum atomic E-state index is 0.195. The second kappa shape index (κ2) is 4.11. The molecule has 0 unspecified atom stereocenters. The summed E-state index contributed by atoms with van der Waals surface area (Å²) in [6.07, 6.45) is 3.75. The third-order valence-corrected chi connectivity index (χ3v) is 1.34. The summed E-state index contributed by atoms with van der Waals surface area (Å²) in [4.78, 5) is 0. The molecule has 0 bridgehead atoms. The molecule has 4 heteroatoms. The summed E-state index contributed by atoms with van der Waals surface area (Å²) >= 11 is 0. The first kappa shape index (κ1) is 9.06. The summed E-state index contributed by atoms with van der Waals surface area (Å²) in [7, 11) is 0.